The van der Waals surface area contributed by atoms with E-state index in [2.05, 4.69) is 29.0 Å². The lowest BCUT2D eigenvalue weighted by atomic mass is 10.1. The fraction of sp³-hybridized carbons (Fsp3) is 0.105. The third-order valence-electron chi connectivity index (χ3n) is 3.76. The molecular weight excluding hydrogens is 272 g/mol. The van der Waals surface area contributed by atoms with Crippen molar-refractivity contribution < 1.29 is 4.79 Å². The Morgan fingerprint density at radius 1 is 1.14 bits per heavy atom. The van der Waals surface area contributed by atoms with Crippen molar-refractivity contribution >= 4 is 22.9 Å². The van der Waals surface area contributed by atoms with Crippen LogP contribution in [0.3, 0.4) is 0 Å². The molecule has 0 saturated carbocycles. The predicted molar refractivity (Wildman–Crippen MR) is 90.9 cm³/mol. The molecule has 110 valence electrons. The molecule has 1 amide bonds. The van der Waals surface area contributed by atoms with Crippen LogP contribution in [0.25, 0.3) is 17.0 Å². The summed E-state index contributed by atoms with van der Waals surface area (Å²) >= 11 is 0. The number of para-hydroxylation sites is 1. The summed E-state index contributed by atoms with van der Waals surface area (Å²) in [6, 6.07) is 15.6. The molecule has 0 bridgehead atoms. The standard InChI is InChI=1S/C19H18N2O/c1-2-14-7-9-15(10-8-14)19(22)20-12-11-16-13-21-18-6-4-3-5-17(16)18/h2-10,13,21H,1,11-12H2,(H,20,22). The second kappa shape index (κ2) is 6.31. The first-order chi connectivity index (χ1) is 10.8. The molecule has 22 heavy (non-hydrogen) atoms. The molecule has 2 N–H and O–H groups in total. The number of carbonyl (C=O) groups excluding carboxylic acids is 1. The zero-order valence-electron chi connectivity index (χ0n) is 12.3. The lowest BCUT2D eigenvalue weighted by molar-refractivity contribution is 0.0954. The first-order valence-electron chi connectivity index (χ1n) is 7.33. The van der Waals surface area contributed by atoms with Crippen LogP contribution in [-0.4, -0.2) is 17.4 Å². The van der Waals surface area contributed by atoms with E-state index in [4.69, 9.17) is 0 Å². The van der Waals surface area contributed by atoms with E-state index < -0.39 is 0 Å². The first kappa shape index (κ1) is 14.1. The number of aromatic nitrogens is 1. The van der Waals surface area contributed by atoms with Gasteiger partial charge >= 0.3 is 0 Å². The van der Waals surface area contributed by atoms with Crippen LogP contribution in [0, 0.1) is 0 Å². The summed E-state index contributed by atoms with van der Waals surface area (Å²) < 4.78 is 0. The molecule has 3 aromatic rings. The molecule has 0 aliphatic carbocycles. The Balaban J connectivity index is 1.60. The van der Waals surface area contributed by atoms with Crippen LogP contribution < -0.4 is 5.32 Å². The zero-order chi connectivity index (χ0) is 15.4. The number of H-pyrrole nitrogens is 1. The smallest absolute Gasteiger partial charge is 0.251 e. The topological polar surface area (TPSA) is 44.9 Å². The fourth-order valence-corrected chi connectivity index (χ4v) is 2.52. The minimum Gasteiger partial charge on any atom is -0.361 e. The van der Waals surface area contributed by atoms with E-state index in [0.717, 1.165) is 17.5 Å². The minimum absolute atomic E-state index is 0.0459. The monoisotopic (exact) mass is 290 g/mol. The van der Waals surface area contributed by atoms with E-state index in [1.165, 1.54) is 10.9 Å². The number of rotatable bonds is 5. The third kappa shape index (κ3) is 2.93. The van der Waals surface area contributed by atoms with Gasteiger partial charge in [-0.1, -0.05) is 43.0 Å². The number of carbonyl (C=O) groups is 1. The van der Waals surface area contributed by atoms with Crippen LogP contribution in [0.2, 0.25) is 0 Å². The Labute approximate surface area is 129 Å². The van der Waals surface area contributed by atoms with E-state index in [0.29, 0.717) is 12.1 Å². The quantitative estimate of drug-likeness (QED) is 0.738. The molecule has 3 rings (SSSR count). The highest BCUT2D eigenvalue weighted by molar-refractivity contribution is 5.94. The van der Waals surface area contributed by atoms with Gasteiger partial charge in [-0.25, -0.2) is 0 Å². The summed E-state index contributed by atoms with van der Waals surface area (Å²) in [6.45, 7) is 4.32. The maximum atomic E-state index is 12.1. The van der Waals surface area contributed by atoms with Gasteiger partial charge in [-0.05, 0) is 35.7 Å². The van der Waals surface area contributed by atoms with E-state index >= 15 is 0 Å². The van der Waals surface area contributed by atoms with E-state index in [1.54, 1.807) is 6.08 Å². The van der Waals surface area contributed by atoms with E-state index in [9.17, 15) is 4.79 Å². The molecule has 1 aromatic heterocycles. The Kier molecular flexibility index (Phi) is 4.05. The lowest BCUT2D eigenvalue weighted by Gasteiger charge is -2.05. The summed E-state index contributed by atoms with van der Waals surface area (Å²) in [5.41, 5.74) is 4.03. The van der Waals surface area contributed by atoms with Crippen LogP contribution in [0.1, 0.15) is 21.5 Å². The average Bonchev–Trinajstić information content (AvgIpc) is 2.98. The average molecular weight is 290 g/mol. The Morgan fingerprint density at radius 2 is 1.91 bits per heavy atom. The van der Waals surface area contributed by atoms with Crippen LogP contribution in [0.4, 0.5) is 0 Å². The number of benzene rings is 2. The predicted octanol–water partition coefficient (Wildman–Crippen LogP) is 3.78. The van der Waals surface area contributed by atoms with Crippen molar-refractivity contribution in [3.05, 3.63) is 78.0 Å². The summed E-state index contributed by atoms with van der Waals surface area (Å²) in [6.07, 6.45) is 4.58. The third-order valence-corrected chi connectivity index (χ3v) is 3.76. The van der Waals surface area contributed by atoms with Crippen molar-refractivity contribution in [1.82, 2.24) is 10.3 Å². The Hall–Kier alpha value is -2.81. The highest BCUT2D eigenvalue weighted by Gasteiger charge is 2.06. The number of fused-ring (bicyclic) bond motifs is 1. The van der Waals surface area contributed by atoms with Crippen molar-refractivity contribution in [2.24, 2.45) is 0 Å². The molecule has 3 nitrogen and oxygen atoms in total. The number of nitrogens with one attached hydrogen (secondary N) is 2. The van der Waals surface area contributed by atoms with Gasteiger partial charge in [0.1, 0.15) is 0 Å². The van der Waals surface area contributed by atoms with Gasteiger partial charge in [-0.15, -0.1) is 0 Å². The van der Waals surface area contributed by atoms with Gasteiger partial charge in [0.25, 0.3) is 5.91 Å². The molecule has 2 aromatic carbocycles. The van der Waals surface area contributed by atoms with Crippen molar-refractivity contribution in [2.45, 2.75) is 6.42 Å². The van der Waals surface area contributed by atoms with Crippen LogP contribution >= 0.6 is 0 Å². The number of hydrogen-bond acceptors (Lipinski definition) is 1. The zero-order valence-corrected chi connectivity index (χ0v) is 12.3. The van der Waals surface area contributed by atoms with Crippen molar-refractivity contribution in [3.63, 3.8) is 0 Å². The number of hydrogen-bond donors (Lipinski definition) is 2. The minimum atomic E-state index is -0.0459. The molecular formula is C19H18N2O. The van der Waals surface area contributed by atoms with Gasteiger partial charge in [0, 0.05) is 29.2 Å². The molecule has 0 radical (unpaired) electrons. The van der Waals surface area contributed by atoms with Gasteiger partial charge in [0.15, 0.2) is 0 Å². The van der Waals surface area contributed by atoms with Gasteiger partial charge in [0.05, 0.1) is 0 Å². The van der Waals surface area contributed by atoms with Gasteiger partial charge in [-0.3, -0.25) is 4.79 Å². The highest BCUT2D eigenvalue weighted by Crippen LogP contribution is 2.17. The number of aromatic amines is 1. The molecule has 0 saturated heterocycles. The molecule has 0 aliphatic rings. The molecule has 0 fully saturated rings. The van der Waals surface area contributed by atoms with Crippen molar-refractivity contribution in [1.29, 1.82) is 0 Å². The summed E-state index contributed by atoms with van der Waals surface area (Å²) in [7, 11) is 0. The lowest BCUT2D eigenvalue weighted by Crippen LogP contribution is -2.25. The van der Waals surface area contributed by atoms with Crippen LogP contribution in [0.5, 0.6) is 0 Å². The molecule has 0 aliphatic heterocycles. The SMILES string of the molecule is C=Cc1ccc(C(=O)NCCc2c[nH]c3ccccc23)cc1. The molecule has 3 heteroatoms. The first-order valence-corrected chi connectivity index (χ1v) is 7.33. The van der Waals surface area contributed by atoms with E-state index in [1.807, 2.05) is 42.6 Å². The maximum absolute atomic E-state index is 12.1. The van der Waals surface area contributed by atoms with E-state index in [-0.39, 0.29) is 5.91 Å². The highest BCUT2D eigenvalue weighted by atomic mass is 16.1. The Morgan fingerprint density at radius 3 is 2.68 bits per heavy atom. The van der Waals surface area contributed by atoms with Gasteiger partial charge in [-0.2, -0.15) is 0 Å². The fourth-order valence-electron chi connectivity index (χ4n) is 2.52. The molecule has 0 unspecified atom stereocenters. The number of amides is 1. The molecule has 1 heterocycles. The summed E-state index contributed by atoms with van der Waals surface area (Å²) in [5, 5.41) is 4.18. The van der Waals surface area contributed by atoms with Gasteiger partial charge in [0.2, 0.25) is 0 Å². The second-order valence-corrected chi connectivity index (χ2v) is 5.19. The summed E-state index contributed by atoms with van der Waals surface area (Å²) in [4.78, 5) is 15.3. The summed E-state index contributed by atoms with van der Waals surface area (Å²) in [5.74, 6) is -0.0459. The van der Waals surface area contributed by atoms with Crippen LogP contribution in [-0.2, 0) is 6.42 Å². The van der Waals surface area contributed by atoms with Crippen molar-refractivity contribution in [3.8, 4) is 0 Å². The normalized spacial score (nSPS) is 10.5. The molecule has 0 spiro atoms. The Bertz CT molecular complexity index is 800. The second-order valence-electron chi connectivity index (χ2n) is 5.19. The molecule has 0 atom stereocenters. The maximum Gasteiger partial charge on any atom is 0.251 e. The van der Waals surface area contributed by atoms with Gasteiger partial charge < -0.3 is 10.3 Å². The van der Waals surface area contributed by atoms with Crippen molar-refractivity contribution in [2.75, 3.05) is 6.54 Å². The van der Waals surface area contributed by atoms with Crippen LogP contribution in [0.15, 0.2) is 61.3 Å². The largest absolute Gasteiger partial charge is 0.361 e.